The molecule has 3 aromatic rings. The van der Waals surface area contributed by atoms with Gasteiger partial charge in [0.2, 0.25) is 0 Å². The van der Waals surface area contributed by atoms with Crippen LogP contribution in [0.5, 0.6) is 17.2 Å². The Balaban J connectivity index is 1.57. The van der Waals surface area contributed by atoms with Crippen LogP contribution in [-0.4, -0.2) is 37.5 Å². The van der Waals surface area contributed by atoms with Crippen LogP contribution in [0.15, 0.2) is 54.6 Å². The van der Waals surface area contributed by atoms with Crippen molar-refractivity contribution >= 4 is 17.5 Å². The lowest BCUT2D eigenvalue weighted by Gasteiger charge is -2.22. The van der Waals surface area contributed by atoms with Gasteiger partial charge in [0.15, 0.2) is 6.61 Å². The third-order valence-electron chi connectivity index (χ3n) is 5.43. The topological polar surface area (TPSA) is 77.1 Å². The maximum atomic E-state index is 14.0. The number of ether oxygens (including phenoxy) is 3. The normalized spacial score (nSPS) is 12.9. The predicted molar refractivity (Wildman–Crippen MR) is 120 cm³/mol. The maximum absolute atomic E-state index is 14.0. The van der Waals surface area contributed by atoms with Gasteiger partial charge in [-0.2, -0.15) is 0 Å². The molecule has 7 nitrogen and oxygen atoms in total. The van der Waals surface area contributed by atoms with Gasteiger partial charge >= 0.3 is 0 Å². The molecule has 0 saturated heterocycles. The first-order valence-corrected chi connectivity index (χ1v) is 10.4. The SMILES string of the molecule is COc1ccc(CN2Cc3cc(NC(=O)c4c(F)cccc4F)ccc3OCC2=O)c(OC)c1. The quantitative estimate of drug-likeness (QED) is 0.588. The fourth-order valence-electron chi connectivity index (χ4n) is 3.69. The van der Waals surface area contributed by atoms with E-state index in [1.165, 1.54) is 13.2 Å². The lowest BCUT2D eigenvalue weighted by Crippen LogP contribution is -2.32. The van der Waals surface area contributed by atoms with E-state index in [1.54, 1.807) is 42.3 Å². The molecule has 0 aliphatic carbocycles. The Morgan fingerprint density at radius 1 is 1.06 bits per heavy atom. The van der Waals surface area contributed by atoms with Gasteiger partial charge in [-0.15, -0.1) is 0 Å². The van der Waals surface area contributed by atoms with Crippen molar-refractivity contribution in [1.82, 2.24) is 4.90 Å². The van der Waals surface area contributed by atoms with Gasteiger partial charge in [0.1, 0.15) is 34.4 Å². The fraction of sp³-hybridized carbons (Fsp3) is 0.200. The summed E-state index contributed by atoms with van der Waals surface area (Å²) in [4.78, 5) is 26.8. The zero-order chi connectivity index (χ0) is 24.2. The molecule has 0 aromatic heterocycles. The van der Waals surface area contributed by atoms with Crippen molar-refractivity contribution in [1.29, 1.82) is 0 Å². The fourth-order valence-corrected chi connectivity index (χ4v) is 3.69. The van der Waals surface area contributed by atoms with E-state index in [2.05, 4.69) is 5.32 Å². The molecule has 2 amide bonds. The van der Waals surface area contributed by atoms with Gasteiger partial charge < -0.3 is 24.4 Å². The molecule has 0 atom stereocenters. The van der Waals surface area contributed by atoms with Crippen molar-refractivity contribution < 1.29 is 32.6 Å². The van der Waals surface area contributed by atoms with E-state index in [0.29, 0.717) is 28.5 Å². The first kappa shape index (κ1) is 23.0. The summed E-state index contributed by atoms with van der Waals surface area (Å²) in [5.41, 5.74) is 1.05. The molecule has 0 fully saturated rings. The number of carbonyl (C=O) groups excluding carboxylic acids is 2. The number of carbonyl (C=O) groups is 2. The minimum atomic E-state index is -0.958. The third-order valence-corrected chi connectivity index (χ3v) is 5.43. The van der Waals surface area contributed by atoms with Crippen molar-refractivity contribution in [3.05, 3.63) is 82.9 Å². The number of fused-ring (bicyclic) bond motifs is 1. The number of benzene rings is 3. The Kier molecular flexibility index (Phi) is 6.62. The van der Waals surface area contributed by atoms with Gasteiger partial charge in [0, 0.05) is 36.0 Å². The Morgan fingerprint density at radius 3 is 2.53 bits per heavy atom. The highest BCUT2D eigenvalue weighted by molar-refractivity contribution is 6.04. The number of methoxy groups -OCH3 is 2. The lowest BCUT2D eigenvalue weighted by molar-refractivity contribution is -0.133. The van der Waals surface area contributed by atoms with Crippen LogP contribution in [0.2, 0.25) is 0 Å². The molecule has 176 valence electrons. The molecule has 1 aliphatic rings. The largest absolute Gasteiger partial charge is 0.497 e. The zero-order valence-electron chi connectivity index (χ0n) is 18.6. The average molecular weight is 468 g/mol. The molecular weight excluding hydrogens is 446 g/mol. The van der Waals surface area contributed by atoms with E-state index < -0.39 is 23.1 Å². The number of halogens is 2. The number of anilines is 1. The van der Waals surface area contributed by atoms with Crippen LogP contribution in [0.4, 0.5) is 14.5 Å². The van der Waals surface area contributed by atoms with Gasteiger partial charge in [-0.3, -0.25) is 9.59 Å². The third kappa shape index (κ3) is 4.78. The summed E-state index contributed by atoms with van der Waals surface area (Å²) in [5.74, 6) is -1.38. The van der Waals surface area contributed by atoms with E-state index in [1.807, 2.05) is 6.07 Å². The van der Waals surface area contributed by atoms with Gasteiger partial charge in [-0.1, -0.05) is 6.07 Å². The van der Waals surface area contributed by atoms with Gasteiger partial charge in [0.05, 0.1) is 14.2 Å². The van der Waals surface area contributed by atoms with E-state index in [4.69, 9.17) is 14.2 Å². The standard InChI is InChI=1S/C25H22F2N2O5/c1-32-18-8-6-15(22(11-18)33-2)12-29-13-16-10-17(7-9-21(16)34-14-23(29)30)28-25(31)24-19(26)4-3-5-20(24)27/h3-11H,12-14H2,1-2H3,(H,28,31). The van der Waals surface area contributed by atoms with E-state index in [0.717, 1.165) is 17.7 Å². The van der Waals surface area contributed by atoms with Crippen LogP contribution >= 0.6 is 0 Å². The van der Waals surface area contributed by atoms with Gasteiger partial charge in [0.25, 0.3) is 11.8 Å². The molecular formula is C25H22F2N2O5. The highest BCUT2D eigenvalue weighted by Gasteiger charge is 2.24. The first-order chi connectivity index (χ1) is 16.4. The molecule has 0 unspecified atom stereocenters. The summed E-state index contributed by atoms with van der Waals surface area (Å²) in [5, 5.41) is 2.51. The summed E-state index contributed by atoms with van der Waals surface area (Å²) in [6, 6.07) is 13.3. The average Bonchev–Trinajstić information content (AvgIpc) is 2.97. The van der Waals surface area contributed by atoms with Gasteiger partial charge in [-0.05, 0) is 42.5 Å². The van der Waals surface area contributed by atoms with Crippen LogP contribution in [0, 0.1) is 11.6 Å². The number of amides is 2. The summed E-state index contributed by atoms with van der Waals surface area (Å²) < 4.78 is 44.2. The molecule has 0 radical (unpaired) electrons. The number of rotatable bonds is 6. The smallest absolute Gasteiger partial charge is 0.261 e. The minimum absolute atomic E-state index is 0.155. The summed E-state index contributed by atoms with van der Waals surface area (Å²) in [6.45, 7) is 0.296. The Labute approximate surface area is 194 Å². The number of nitrogens with one attached hydrogen (secondary N) is 1. The van der Waals surface area contributed by atoms with Crippen molar-refractivity contribution in [2.24, 2.45) is 0 Å². The summed E-state index contributed by atoms with van der Waals surface area (Å²) in [6.07, 6.45) is 0. The van der Waals surface area contributed by atoms with Crippen molar-refractivity contribution in [3.63, 3.8) is 0 Å². The zero-order valence-corrected chi connectivity index (χ0v) is 18.6. The molecule has 34 heavy (non-hydrogen) atoms. The molecule has 3 aromatic carbocycles. The van der Waals surface area contributed by atoms with Crippen LogP contribution in [0.3, 0.4) is 0 Å². The lowest BCUT2D eigenvalue weighted by atomic mass is 10.1. The van der Waals surface area contributed by atoms with Crippen LogP contribution in [-0.2, 0) is 17.9 Å². The Bertz CT molecular complexity index is 1230. The van der Waals surface area contributed by atoms with E-state index >= 15 is 0 Å². The Morgan fingerprint density at radius 2 is 1.82 bits per heavy atom. The molecule has 9 heteroatoms. The first-order valence-electron chi connectivity index (χ1n) is 10.4. The summed E-state index contributed by atoms with van der Waals surface area (Å²) in [7, 11) is 3.09. The molecule has 1 heterocycles. The second-order valence-electron chi connectivity index (χ2n) is 7.59. The highest BCUT2D eigenvalue weighted by atomic mass is 19.1. The maximum Gasteiger partial charge on any atom is 0.261 e. The number of hydrogen-bond acceptors (Lipinski definition) is 5. The van der Waals surface area contributed by atoms with Crippen LogP contribution in [0.25, 0.3) is 0 Å². The number of nitrogens with zero attached hydrogens (tertiary/aromatic N) is 1. The van der Waals surface area contributed by atoms with Crippen LogP contribution < -0.4 is 19.5 Å². The van der Waals surface area contributed by atoms with E-state index in [9.17, 15) is 18.4 Å². The van der Waals surface area contributed by atoms with Crippen LogP contribution in [0.1, 0.15) is 21.5 Å². The molecule has 4 rings (SSSR count). The molecule has 0 bridgehead atoms. The Hall–Kier alpha value is -4.14. The van der Waals surface area contributed by atoms with Crippen molar-refractivity contribution in [3.8, 4) is 17.2 Å². The van der Waals surface area contributed by atoms with Crippen molar-refractivity contribution in [2.45, 2.75) is 13.1 Å². The molecule has 0 spiro atoms. The highest BCUT2D eigenvalue weighted by Crippen LogP contribution is 2.30. The molecule has 1 N–H and O–H groups in total. The second kappa shape index (κ2) is 9.78. The van der Waals surface area contributed by atoms with Crippen molar-refractivity contribution in [2.75, 3.05) is 26.1 Å². The molecule has 1 aliphatic heterocycles. The summed E-state index contributed by atoms with van der Waals surface area (Å²) >= 11 is 0. The second-order valence-corrected chi connectivity index (χ2v) is 7.59. The minimum Gasteiger partial charge on any atom is -0.497 e. The monoisotopic (exact) mass is 468 g/mol. The van der Waals surface area contributed by atoms with Gasteiger partial charge in [-0.25, -0.2) is 8.78 Å². The molecule has 0 saturated carbocycles. The van der Waals surface area contributed by atoms with E-state index in [-0.39, 0.29) is 25.6 Å². The number of hydrogen-bond donors (Lipinski definition) is 1. The predicted octanol–water partition coefficient (Wildman–Crippen LogP) is 4.16.